The molecule has 4 heteroatoms. The van der Waals surface area contributed by atoms with E-state index in [9.17, 15) is 0 Å². The van der Waals surface area contributed by atoms with Crippen LogP contribution in [0.15, 0.2) is 165 Å². The minimum atomic E-state index is 1.23. The molecule has 2 nitrogen and oxygen atoms in total. The van der Waals surface area contributed by atoms with Crippen molar-refractivity contribution in [2.24, 2.45) is 0 Å². The predicted octanol–water partition coefficient (Wildman–Crippen LogP) is 12.1. The molecule has 0 bridgehead atoms. The number of fused-ring (bicyclic) bond motifs is 10. The van der Waals surface area contributed by atoms with Gasteiger partial charge < -0.3 is 9.13 Å². The summed E-state index contributed by atoms with van der Waals surface area (Å²) in [4.78, 5) is 5.25. The van der Waals surface area contributed by atoms with E-state index in [0.717, 1.165) is 0 Å². The van der Waals surface area contributed by atoms with Gasteiger partial charge in [0, 0.05) is 41.1 Å². The van der Waals surface area contributed by atoms with E-state index in [4.69, 9.17) is 0 Å². The molecule has 2 aliphatic rings. The molecule has 2 aromatic heterocycles. The average Bonchev–Trinajstić information content (AvgIpc) is 3.63. The Morgan fingerprint density at radius 3 is 1.22 bits per heavy atom. The Balaban J connectivity index is 1.02. The van der Waals surface area contributed by atoms with Crippen molar-refractivity contribution in [3.63, 3.8) is 0 Å². The second-order valence-corrected chi connectivity index (χ2v) is 14.3. The zero-order valence-corrected chi connectivity index (χ0v) is 26.2. The number of hydrogen-bond donors (Lipinski definition) is 0. The lowest BCUT2D eigenvalue weighted by molar-refractivity contribution is 1.09. The first-order valence-corrected chi connectivity index (χ1v) is 17.2. The van der Waals surface area contributed by atoms with Crippen molar-refractivity contribution in [2.45, 2.75) is 19.6 Å². The lowest BCUT2D eigenvalue weighted by Gasteiger charge is -2.19. The summed E-state index contributed by atoms with van der Waals surface area (Å²) in [5.74, 6) is 0. The van der Waals surface area contributed by atoms with E-state index in [1.54, 1.807) is 0 Å². The number of hydrogen-bond acceptors (Lipinski definition) is 2. The molecule has 0 spiro atoms. The molecule has 0 amide bonds. The Morgan fingerprint density at radius 2 is 0.739 bits per heavy atom. The Morgan fingerprint density at radius 1 is 0.326 bits per heavy atom. The van der Waals surface area contributed by atoms with Crippen LogP contribution in [0.2, 0.25) is 0 Å². The van der Waals surface area contributed by atoms with Gasteiger partial charge >= 0.3 is 0 Å². The van der Waals surface area contributed by atoms with Crippen LogP contribution in [0.25, 0.3) is 77.2 Å². The monoisotopic (exact) mass is 620 g/mol. The van der Waals surface area contributed by atoms with Crippen LogP contribution in [0.1, 0.15) is 0 Å². The first kappa shape index (κ1) is 25.1. The lowest BCUT2D eigenvalue weighted by atomic mass is 9.98. The van der Waals surface area contributed by atoms with Crippen molar-refractivity contribution in [1.29, 1.82) is 0 Å². The third kappa shape index (κ3) is 3.35. The average molecular weight is 621 g/mol. The van der Waals surface area contributed by atoms with Gasteiger partial charge in [-0.15, -0.1) is 0 Å². The highest BCUT2D eigenvalue weighted by Crippen LogP contribution is 2.48. The van der Waals surface area contributed by atoms with E-state index in [2.05, 4.69) is 155 Å². The van der Waals surface area contributed by atoms with Crippen molar-refractivity contribution in [3.8, 4) is 33.6 Å². The van der Waals surface area contributed by atoms with Crippen LogP contribution in [-0.4, -0.2) is 9.13 Å². The smallest absolute Gasteiger partial charge is 0.0681 e. The fourth-order valence-electron chi connectivity index (χ4n) is 7.65. The van der Waals surface area contributed by atoms with Gasteiger partial charge in [0.05, 0.1) is 33.4 Å². The normalized spacial score (nSPS) is 13.0. The van der Waals surface area contributed by atoms with Crippen molar-refractivity contribution < 1.29 is 0 Å². The van der Waals surface area contributed by atoms with Gasteiger partial charge in [0.1, 0.15) is 0 Å². The molecule has 0 aliphatic carbocycles. The third-order valence-electron chi connectivity index (χ3n) is 9.70. The second-order valence-electron chi connectivity index (χ2n) is 12.2. The topological polar surface area (TPSA) is 9.86 Å². The number of benzene rings is 7. The summed E-state index contributed by atoms with van der Waals surface area (Å²) >= 11 is 3.74. The molecule has 0 unspecified atom stereocenters. The number of nitrogens with zero attached hydrogens (tertiary/aromatic N) is 2. The molecule has 0 N–H and O–H groups in total. The van der Waals surface area contributed by atoms with E-state index < -0.39 is 0 Å². The van der Waals surface area contributed by atoms with Gasteiger partial charge in [-0.05, 0) is 82.9 Å². The molecule has 0 radical (unpaired) electrons. The maximum Gasteiger partial charge on any atom is 0.0681 e. The lowest BCUT2D eigenvalue weighted by Crippen LogP contribution is -2.00. The van der Waals surface area contributed by atoms with Gasteiger partial charge in [-0.25, -0.2) is 0 Å². The van der Waals surface area contributed by atoms with Crippen LogP contribution < -0.4 is 0 Å². The minimum Gasteiger partial charge on any atom is -0.307 e. The van der Waals surface area contributed by atoms with Crippen molar-refractivity contribution in [2.75, 3.05) is 0 Å². The van der Waals surface area contributed by atoms with E-state index >= 15 is 0 Å². The molecule has 9 aromatic rings. The molecule has 0 atom stereocenters. The maximum absolute atomic E-state index is 2.45. The molecule has 46 heavy (non-hydrogen) atoms. The van der Waals surface area contributed by atoms with Crippen LogP contribution in [0.5, 0.6) is 0 Å². The molecular weight excluding hydrogens is 597 g/mol. The number of aromatic nitrogens is 2. The Labute approximate surface area is 273 Å². The molecule has 0 saturated carbocycles. The van der Waals surface area contributed by atoms with Crippen LogP contribution in [0, 0.1) is 0 Å². The summed E-state index contributed by atoms with van der Waals surface area (Å²) in [6.45, 7) is 0. The van der Waals surface area contributed by atoms with Gasteiger partial charge in [-0.3, -0.25) is 0 Å². The van der Waals surface area contributed by atoms with Gasteiger partial charge in [-0.2, -0.15) is 0 Å². The summed E-state index contributed by atoms with van der Waals surface area (Å²) in [5, 5.41) is 5.23. The first-order valence-electron chi connectivity index (χ1n) is 15.6. The van der Waals surface area contributed by atoms with Gasteiger partial charge in [0.25, 0.3) is 0 Å². The van der Waals surface area contributed by atoms with Crippen LogP contribution >= 0.6 is 23.5 Å². The Bertz CT molecular complexity index is 2560. The molecular formula is C42H24N2S2. The summed E-state index contributed by atoms with van der Waals surface area (Å²) in [7, 11) is 0. The fraction of sp³-hybridized carbons (Fsp3) is 0. The SMILES string of the molecule is c1ccc2c(c1)Sc1cccc3c4cc(-c5ccc(-c6ccc7c(c6)c6cccc8c6n7-c6ccccc6S8)cc5)ccc4n-2c13. The quantitative estimate of drug-likeness (QED) is 0.190. The highest BCUT2D eigenvalue weighted by Gasteiger charge is 2.24. The van der Waals surface area contributed by atoms with Crippen molar-refractivity contribution >= 4 is 67.1 Å². The van der Waals surface area contributed by atoms with Gasteiger partial charge in [0.15, 0.2) is 0 Å². The number of para-hydroxylation sites is 4. The summed E-state index contributed by atoms with van der Waals surface area (Å²) < 4.78 is 4.90. The summed E-state index contributed by atoms with van der Waals surface area (Å²) in [6.07, 6.45) is 0. The van der Waals surface area contributed by atoms with E-state index in [-0.39, 0.29) is 0 Å². The standard InChI is InChI=1S/C42H24N2S2/c1-3-11-37-35(9-1)43-33-21-19-27(23-31(33)29-7-5-13-39(45-37)41(29)43)25-15-17-26(18-16-25)28-20-22-34-32(24-28)30-8-6-14-40-42(30)44(34)36-10-2-4-12-38(36)46-40/h1-24H. The highest BCUT2D eigenvalue weighted by molar-refractivity contribution is 8.00. The van der Waals surface area contributed by atoms with Gasteiger partial charge in [0.2, 0.25) is 0 Å². The maximum atomic E-state index is 2.45. The minimum absolute atomic E-state index is 1.23. The molecule has 214 valence electrons. The van der Waals surface area contributed by atoms with Crippen LogP contribution in [0.3, 0.4) is 0 Å². The molecule has 4 heterocycles. The molecule has 0 saturated heterocycles. The first-order chi connectivity index (χ1) is 22.8. The second kappa shape index (κ2) is 9.20. The van der Waals surface area contributed by atoms with Crippen molar-refractivity contribution in [1.82, 2.24) is 9.13 Å². The van der Waals surface area contributed by atoms with Crippen LogP contribution in [0.4, 0.5) is 0 Å². The van der Waals surface area contributed by atoms with E-state index in [1.807, 2.05) is 23.5 Å². The molecule has 0 fully saturated rings. The summed E-state index contributed by atoms with van der Waals surface area (Å²) in [5.41, 5.74) is 12.6. The molecule has 11 rings (SSSR count). The van der Waals surface area contributed by atoms with Gasteiger partial charge in [-0.1, -0.05) is 108 Å². The van der Waals surface area contributed by atoms with Crippen LogP contribution in [-0.2, 0) is 0 Å². The Hall–Kier alpha value is -5.16. The zero-order valence-electron chi connectivity index (χ0n) is 24.6. The van der Waals surface area contributed by atoms with E-state index in [0.29, 0.717) is 0 Å². The summed E-state index contributed by atoms with van der Waals surface area (Å²) in [6, 6.07) is 53.9. The zero-order chi connectivity index (χ0) is 29.9. The van der Waals surface area contributed by atoms with E-state index in [1.165, 1.54) is 96.8 Å². The molecule has 7 aromatic carbocycles. The number of rotatable bonds is 2. The van der Waals surface area contributed by atoms with Crippen molar-refractivity contribution in [3.05, 3.63) is 146 Å². The third-order valence-corrected chi connectivity index (χ3v) is 11.9. The predicted molar refractivity (Wildman–Crippen MR) is 194 cm³/mol. The fourth-order valence-corrected chi connectivity index (χ4v) is 9.83. The molecule has 2 aliphatic heterocycles. The Kier molecular flexibility index (Phi) is 5.01. The largest absolute Gasteiger partial charge is 0.307 e. The highest BCUT2D eigenvalue weighted by atomic mass is 32.2.